The highest BCUT2D eigenvalue weighted by molar-refractivity contribution is 7.11. The Morgan fingerprint density at radius 1 is 1.50 bits per heavy atom. The van der Waals surface area contributed by atoms with Gasteiger partial charge < -0.3 is 15.7 Å². The molecule has 2 unspecified atom stereocenters. The topological polar surface area (TPSA) is 74.2 Å². The number of aliphatic hydroxyl groups is 1. The lowest BCUT2D eigenvalue weighted by molar-refractivity contribution is 0.128. The van der Waals surface area contributed by atoms with E-state index < -0.39 is 0 Å². The predicted molar refractivity (Wildman–Crippen MR) is 81.9 cm³/mol. The van der Waals surface area contributed by atoms with Crippen molar-refractivity contribution in [2.45, 2.75) is 53.2 Å². The van der Waals surface area contributed by atoms with Gasteiger partial charge in [-0.2, -0.15) is 0 Å². The first-order valence-corrected chi connectivity index (χ1v) is 7.66. The zero-order chi connectivity index (χ0) is 15.3. The highest BCUT2D eigenvalue weighted by Gasteiger charge is 2.21. The first-order valence-electron chi connectivity index (χ1n) is 6.84. The molecule has 0 aromatic carbocycles. The largest absolute Gasteiger partial charge is 0.393 e. The molecule has 0 radical (unpaired) electrons. The van der Waals surface area contributed by atoms with E-state index in [4.69, 9.17) is 0 Å². The van der Waals surface area contributed by atoms with Crippen LogP contribution in [0.1, 0.15) is 50.0 Å². The number of carbonyl (C=O) groups excluding carboxylic acids is 1. The van der Waals surface area contributed by atoms with Crippen molar-refractivity contribution in [3.63, 3.8) is 0 Å². The number of amides is 2. The minimum Gasteiger partial charge on any atom is -0.393 e. The standard InChI is InChI=1S/C14H25N3O2S/c1-9(18)6-14(4,5)8-16-13(19)17-11(3)12-15-7-10(2)20-12/h7,9,11,18H,6,8H2,1-5H3,(H2,16,17,19). The third kappa shape index (κ3) is 5.88. The maximum Gasteiger partial charge on any atom is 0.315 e. The van der Waals surface area contributed by atoms with E-state index in [-0.39, 0.29) is 23.6 Å². The Morgan fingerprint density at radius 2 is 2.15 bits per heavy atom. The molecule has 2 amide bonds. The van der Waals surface area contributed by atoms with Crippen LogP contribution in [0.15, 0.2) is 6.20 Å². The number of nitrogens with zero attached hydrogens (tertiary/aromatic N) is 1. The molecule has 0 saturated carbocycles. The van der Waals surface area contributed by atoms with E-state index in [0.717, 1.165) is 9.88 Å². The number of nitrogens with one attached hydrogen (secondary N) is 2. The van der Waals surface area contributed by atoms with Gasteiger partial charge in [0.15, 0.2) is 0 Å². The lowest BCUT2D eigenvalue weighted by Crippen LogP contribution is -2.42. The Balaban J connectivity index is 2.40. The first-order chi connectivity index (χ1) is 9.19. The van der Waals surface area contributed by atoms with Crippen LogP contribution >= 0.6 is 11.3 Å². The van der Waals surface area contributed by atoms with Gasteiger partial charge in [-0.1, -0.05) is 13.8 Å². The monoisotopic (exact) mass is 299 g/mol. The van der Waals surface area contributed by atoms with Gasteiger partial charge in [0.25, 0.3) is 0 Å². The number of hydrogen-bond acceptors (Lipinski definition) is 4. The zero-order valence-electron chi connectivity index (χ0n) is 12.9. The number of thiazole rings is 1. The molecule has 1 rings (SSSR count). The lowest BCUT2D eigenvalue weighted by atomic mass is 9.87. The van der Waals surface area contributed by atoms with Gasteiger partial charge >= 0.3 is 6.03 Å². The van der Waals surface area contributed by atoms with Crippen LogP contribution in [0, 0.1) is 12.3 Å². The minimum atomic E-state index is -0.368. The van der Waals surface area contributed by atoms with Crippen molar-refractivity contribution in [3.8, 4) is 0 Å². The summed E-state index contributed by atoms with van der Waals surface area (Å²) in [5, 5.41) is 16.0. The van der Waals surface area contributed by atoms with Crippen LogP contribution in [0.25, 0.3) is 0 Å². The number of aryl methyl sites for hydroxylation is 1. The fourth-order valence-corrected chi connectivity index (χ4v) is 2.85. The predicted octanol–water partition coefficient (Wildman–Crippen LogP) is 2.61. The van der Waals surface area contributed by atoms with E-state index in [1.165, 1.54) is 0 Å². The molecule has 0 aliphatic carbocycles. The molecule has 20 heavy (non-hydrogen) atoms. The third-order valence-electron chi connectivity index (χ3n) is 2.93. The molecule has 2 atom stereocenters. The van der Waals surface area contributed by atoms with Gasteiger partial charge in [-0.25, -0.2) is 9.78 Å². The van der Waals surface area contributed by atoms with Crippen LogP contribution in [0.4, 0.5) is 4.79 Å². The van der Waals surface area contributed by atoms with Gasteiger partial charge in [-0.05, 0) is 32.6 Å². The molecule has 114 valence electrons. The number of aromatic nitrogens is 1. The van der Waals surface area contributed by atoms with Crippen LogP contribution in [-0.2, 0) is 0 Å². The van der Waals surface area contributed by atoms with Crippen LogP contribution in [0.3, 0.4) is 0 Å². The smallest absolute Gasteiger partial charge is 0.315 e. The van der Waals surface area contributed by atoms with E-state index in [2.05, 4.69) is 15.6 Å². The molecular weight excluding hydrogens is 274 g/mol. The molecule has 6 heteroatoms. The highest BCUT2D eigenvalue weighted by Crippen LogP contribution is 2.21. The summed E-state index contributed by atoms with van der Waals surface area (Å²) >= 11 is 1.58. The minimum absolute atomic E-state index is 0.103. The normalized spacial score (nSPS) is 14.7. The average Bonchev–Trinajstić information content (AvgIpc) is 2.72. The van der Waals surface area contributed by atoms with Gasteiger partial charge in [0, 0.05) is 17.6 Å². The van der Waals surface area contributed by atoms with Crippen molar-refractivity contribution in [3.05, 3.63) is 16.1 Å². The van der Waals surface area contributed by atoms with Crippen LogP contribution in [0.5, 0.6) is 0 Å². The SMILES string of the molecule is Cc1cnc(C(C)NC(=O)NCC(C)(C)CC(C)O)s1. The van der Waals surface area contributed by atoms with E-state index in [1.54, 1.807) is 18.3 Å². The molecule has 0 aliphatic heterocycles. The quantitative estimate of drug-likeness (QED) is 0.756. The second-order valence-corrected chi connectivity index (χ2v) is 7.34. The molecule has 1 heterocycles. The van der Waals surface area contributed by atoms with Gasteiger partial charge in [0.05, 0.1) is 12.1 Å². The number of hydrogen-bond donors (Lipinski definition) is 3. The third-order valence-corrected chi connectivity index (χ3v) is 4.03. The fourth-order valence-electron chi connectivity index (χ4n) is 2.07. The van der Waals surface area contributed by atoms with Gasteiger partial charge in [-0.3, -0.25) is 0 Å². The number of aliphatic hydroxyl groups excluding tert-OH is 1. The number of rotatable bonds is 6. The average molecular weight is 299 g/mol. The molecule has 1 aromatic heterocycles. The van der Waals surface area contributed by atoms with E-state index in [1.807, 2.05) is 33.9 Å². The van der Waals surface area contributed by atoms with Crippen molar-refractivity contribution in [1.29, 1.82) is 0 Å². The summed E-state index contributed by atoms with van der Waals surface area (Å²) < 4.78 is 0. The summed E-state index contributed by atoms with van der Waals surface area (Å²) in [7, 11) is 0. The van der Waals surface area contributed by atoms with Crippen LogP contribution in [0.2, 0.25) is 0 Å². The number of urea groups is 1. The summed E-state index contributed by atoms with van der Waals surface area (Å²) in [6, 6.07) is -0.308. The Morgan fingerprint density at radius 3 is 2.65 bits per heavy atom. The molecular formula is C14H25N3O2S. The summed E-state index contributed by atoms with van der Waals surface area (Å²) in [4.78, 5) is 17.2. The van der Waals surface area contributed by atoms with Crippen molar-refractivity contribution in [2.75, 3.05) is 6.54 Å². The molecule has 0 spiro atoms. The highest BCUT2D eigenvalue weighted by atomic mass is 32.1. The molecule has 0 fully saturated rings. The van der Waals surface area contributed by atoms with Crippen molar-refractivity contribution in [2.24, 2.45) is 5.41 Å². The lowest BCUT2D eigenvalue weighted by Gasteiger charge is -2.26. The molecule has 1 aromatic rings. The van der Waals surface area contributed by atoms with Gasteiger partial charge in [0.1, 0.15) is 5.01 Å². The van der Waals surface area contributed by atoms with Crippen molar-refractivity contribution >= 4 is 17.4 Å². The summed E-state index contributed by atoms with van der Waals surface area (Å²) in [5.41, 5.74) is -0.132. The Hall–Kier alpha value is -1.14. The summed E-state index contributed by atoms with van der Waals surface area (Å²) in [5.74, 6) is 0. The van der Waals surface area contributed by atoms with Gasteiger partial charge in [-0.15, -0.1) is 11.3 Å². The van der Waals surface area contributed by atoms with Gasteiger partial charge in [0.2, 0.25) is 0 Å². The number of carbonyl (C=O) groups is 1. The molecule has 0 bridgehead atoms. The Kier molecular flexibility index (Phi) is 5.95. The summed E-state index contributed by atoms with van der Waals surface area (Å²) in [6.45, 7) is 10.2. The first kappa shape index (κ1) is 16.9. The molecule has 0 saturated heterocycles. The van der Waals surface area contributed by atoms with Crippen LogP contribution in [-0.4, -0.2) is 28.8 Å². The molecule has 0 aliphatic rings. The fraction of sp³-hybridized carbons (Fsp3) is 0.714. The van der Waals surface area contributed by atoms with Crippen molar-refractivity contribution < 1.29 is 9.90 Å². The van der Waals surface area contributed by atoms with E-state index >= 15 is 0 Å². The second kappa shape index (κ2) is 7.04. The second-order valence-electron chi connectivity index (χ2n) is 6.08. The molecule has 5 nitrogen and oxygen atoms in total. The Labute approximate surface area is 124 Å². The molecule has 3 N–H and O–H groups in total. The van der Waals surface area contributed by atoms with Crippen LogP contribution < -0.4 is 10.6 Å². The zero-order valence-corrected chi connectivity index (χ0v) is 13.7. The maximum atomic E-state index is 11.9. The van der Waals surface area contributed by atoms with Crippen molar-refractivity contribution in [1.82, 2.24) is 15.6 Å². The Bertz CT molecular complexity index is 443. The summed E-state index contributed by atoms with van der Waals surface area (Å²) in [6.07, 6.45) is 2.09. The van der Waals surface area contributed by atoms with E-state index in [9.17, 15) is 9.90 Å². The van der Waals surface area contributed by atoms with E-state index in [0.29, 0.717) is 13.0 Å². The maximum absolute atomic E-state index is 11.9.